The zero-order valence-corrected chi connectivity index (χ0v) is 13.0. The van der Waals surface area contributed by atoms with Crippen LogP contribution in [0.25, 0.3) is 0 Å². The summed E-state index contributed by atoms with van der Waals surface area (Å²) in [7, 11) is 0. The van der Waals surface area contributed by atoms with Crippen molar-refractivity contribution in [2.75, 3.05) is 0 Å². The Kier molecular flexibility index (Phi) is 5.03. The first-order valence-corrected chi connectivity index (χ1v) is 7.47. The van der Waals surface area contributed by atoms with Gasteiger partial charge in [-0.3, -0.25) is 4.79 Å². The zero-order chi connectivity index (χ0) is 16.2. The van der Waals surface area contributed by atoms with Gasteiger partial charge in [-0.2, -0.15) is 0 Å². The summed E-state index contributed by atoms with van der Waals surface area (Å²) in [5, 5.41) is 14.8. The summed E-state index contributed by atoms with van der Waals surface area (Å²) in [5.41, 5.74) is -0.134. The molecule has 0 spiro atoms. The number of hydrogen-bond acceptors (Lipinski definition) is 3. The van der Waals surface area contributed by atoms with Crippen LogP contribution >= 0.6 is 11.6 Å². The lowest BCUT2D eigenvalue weighted by Gasteiger charge is -2.39. The van der Waals surface area contributed by atoms with Crippen molar-refractivity contribution in [1.29, 1.82) is 0 Å². The molecule has 2 unspecified atom stereocenters. The van der Waals surface area contributed by atoms with Crippen molar-refractivity contribution < 1.29 is 14.7 Å². The first-order valence-electron chi connectivity index (χ1n) is 7.09. The number of nitrogens with one attached hydrogen (secondary N) is 1. The highest BCUT2D eigenvalue weighted by Gasteiger charge is 2.36. The van der Waals surface area contributed by atoms with Crippen molar-refractivity contribution in [3.05, 3.63) is 59.2 Å². The van der Waals surface area contributed by atoms with Gasteiger partial charge in [0.2, 0.25) is 5.91 Å². The molecular formula is C17H17ClNO3-. The molecule has 1 amide bonds. The van der Waals surface area contributed by atoms with Crippen molar-refractivity contribution >= 4 is 23.5 Å². The third kappa shape index (κ3) is 3.57. The standard InChI is InChI=1S/C17H18ClNO3/c1-2-17(10-4-3-5-14(17)16(21)22)19-15(20)11-12-6-8-13(18)9-7-12/h3-10,14H,2,11H2,1H3,(H,19,20)(H,21,22)/p-1. The fraction of sp³-hybridized carbons (Fsp3) is 0.294. The van der Waals surface area contributed by atoms with E-state index < -0.39 is 17.4 Å². The predicted molar refractivity (Wildman–Crippen MR) is 83.1 cm³/mol. The first-order chi connectivity index (χ1) is 10.5. The maximum Gasteiger partial charge on any atom is 0.225 e. The van der Waals surface area contributed by atoms with Crippen LogP contribution in [0.4, 0.5) is 0 Å². The molecular weight excluding hydrogens is 302 g/mol. The van der Waals surface area contributed by atoms with Crippen molar-refractivity contribution in [2.45, 2.75) is 25.3 Å². The molecule has 2 atom stereocenters. The second-order valence-electron chi connectivity index (χ2n) is 5.29. The van der Waals surface area contributed by atoms with Crippen LogP contribution in [0.5, 0.6) is 0 Å². The maximum absolute atomic E-state index is 12.3. The number of allylic oxidation sites excluding steroid dienone is 2. The average molecular weight is 319 g/mol. The largest absolute Gasteiger partial charge is 0.549 e. The lowest BCUT2D eigenvalue weighted by atomic mass is 9.78. The molecule has 2 rings (SSSR count). The first kappa shape index (κ1) is 16.3. The lowest BCUT2D eigenvalue weighted by Crippen LogP contribution is -2.57. The van der Waals surface area contributed by atoms with E-state index in [9.17, 15) is 14.7 Å². The Morgan fingerprint density at radius 3 is 2.55 bits per heavy atom. The summed E-state index contributed by atoms with van der Waals surface area (Å²) >= 11 is 5.81. The number of carbonyl (C=O) groups is 2. The molecule has 0 bridgehead atoms. The molecule has 4 nitrogen and oxygen atoms in total. The molecule has 22 heavy (non-hydrogen) atoms. The van der Waals surface area contributed by atoms with Crippen LogP contribution in [-0.4, -0.2) is 17.4 Å². The molecule has 0 aromatic heterocycles. The van der Waals surface area contributed by atoms with Gasteiger partial charge >= 0.3 is 0 Å². The zero-order valence-electron chi connectivity index (χ0n) is 12.2. The Bertz CT molecular complexity index is 621. The van der Waals surface area contributed by atoms with Crippen molar-refractivity contribution in [3.8, 4) is 0 Å². The average Bonchev–Trinajstić information content (AvgIpc) is 2.49. The van der Waals surface area contributed by atoms with Gasteiger partial charge in [0.1, 0.15) is 0 Å². The van der Waals surface area contributed by atoms with Crippen molar-refractivity contribution in [2.24, 2.45) is 5.92 Å². The Hall–Kier alpha value is -2.07. The molecule has 1 aromatic carbocycles. The van der Waals surface area contributed by atoms with E-state index in [1.165, 1.54) is 0 Å². The molecule has 1 N–H and O–H groups in total. The predicted octanol–water partition coefficient (Wildman–Crippen LogP) is 1.64. The molecule has 0 aliphatic heterocycles. The molecule has 0 radical (unpaired) electrons. The summed E-state index contributed by atoms with van der Waals surface area (Å²) in [6, 6.07) is 6.97. The summed E-state index contributed by atoms with van der Waals surface area (Å²) in [6.45, 7) is 1.84. The van der Waals surface area contributed by atoms with Crippen LogP contribution in [0.15, 0.2) is 48.6 Å². The molecule has 5 heteroatoms. The van der Waals surface area contributed by atoms with Gasteiger partial charge in [0.05, 0.1) is 17.9 Å². The minimum Gasteiger partial charge on any atom is -0.549 e. The smallest absolute Gasteiger partial charge is 0.225 e. The second kappa shape index (κ2) is 6.79. The molecule has 0 saturated heterocycles. The maximum atomic E-state index is 12.3. The summed E-state index contributed by atoms with van der Waals surface area (Å²) < 4.78 is 0. The number of rotatable bonds is 5. The minimum absolute atomic E-state index is 0.163. The van der Waals surface area contributed by atoms with E-state index in [1.807, 2.05) is 6.92 Å². The fourth-order valence-corrected chi connectivity index (χ4v) is 2.73. The Morgan fingerprint density at radius 1 is 1.27 bits per heavy atom. The van der Waals surface area contributed by atoms with Crippen molar-refractivity contribution in [3.63, 3.8) is 0 Å². The number of carboxylic acids is 1. The van der Waals surface area contributed by atoms with E-state index in [0.717, 1.165) is 5.56 Å². The number of halogens is 1. The summed E-state index contributed by atoms with van der Waals surface area (Å²) in [6.07, 6.45) is 7.27. The molecule has 0 saturated carbocycles. The van der Waals surface area contributed by atoms with E-state index in [2.05, 4.69) is 5.32 Å². The van der Waals surface area contributed by atoms with Crippen LogP contribution in [0.2, 0.25) is 5.02 Å². The fourth-order valence-electron chi connectivity index (χ4n) is 2.60. The normalized spacial score (nSPS) is 23.3. The van der Waals surface area contributed by atoms with E-state index in [1.54, 1.807) is 48.6 Å². The number of carbonyl (C=O) groups excluding carboxylic acids is 2. The second-order valence-corrected chi connectivity index (χ2v) is 5.72. The highest BCUT2D eigenvalue weighted by Crippen LogP contribution is 2.28. The van der Waals surface area contributed by atoms with Gasteiger partial charge in [-0.05, 0) is 24.1 Å². The third-order valence-corrected chi connectivity index (χ3v) is 4.10. The van der Waals surface area contributed by atoms with Crippen LogP contribution < -0.4 is 10.4 Å². The molecule has 0 heterocycles. The third-order valence-electron chi connectivity index (χ3n) is 3.85. The number of hydrogen-bond donors (Lipinski definition) is 1. The molecule has 1 aromatic rings. The topological polar surface area (TPSA) is 69.2 Å². The lowest BCUT2D eigenvalue weighted by molar-refractivity contribution is -0.311. The van der Waals surface area contributed by atoms with Gasteiger partial charge in [-0.25, -0.2) is 0 Å². The number of aliphatic carboxylic acids is 1. The number of benzene rings is 1. The van der Waals surface area contributed by atoms with E-state index in [0.29, 0.717) is 11.4 Å². The number of carboxylic acid groups (broad SMARTS) is 1. The molecule has 1 aliphatic carbocycles. The monoisotopic (exact) mass is 318 g/mol. The Morgan fingerprint density at radius 2 is 1.95 bits per heavy atom. The van der Waals surface area contributed by atoms with Gasteiger partial charge in [0, 0.05) is 10.9 Å². The van der Waals surface area contributed by atoms with Crippen molar-refractivity contribution in [1.82, 2.24) is 5.32 Å². The Balaban J connectivity index is 2.13. The highest BCUT2D eigenvalue weighted by atomic mass is 35.5. The summed E-state index contributed by atoms with van der Waals surface area (Å²) in [5.74, 6) is -2.32. The van der Waals surface area contributed by atoms with E-state index >= 15 is 0 Å². The van der Waals surface area contributed by atoms with Gasteiger partial charge in [-0.1, -0.05) is 55.0 Å². The molecule has 1 aliphatic rings. The van der Waals surface area contributed by atoms with Crippen LogP contribution in [0, 0.1) is 5.92 Å². The van der Waals surface area contributed by atoms with Gasteiger partial charge in [0.25, 0.3) is 0 Å². The molecule has 116 valence electrons. The minimum atomic E-state index is -1.20. The quantitative estimate of drug-likeness (QED) is 0.897. The van der Waals surface area contributed by atoms with E-state index in [4.69, 9.17) is 11.6 Å². The SMILES string of the molecule is CCC1(NC(=O)Cc2ccc(Cl)cc2)C=CC=CC1C(=O)[O-]. The van der Waals surface area contributed by atoms with E-state index in [-0.39, 0.29) is 12.3 Å². The van der Waals surface area contributed by atoms with Crippen LogP contribution in [0.1, 0.15) is 18.9 Å². The molecule has 0 fully saturated rings. The van der Waals surface area contributed by atoms with Gasteiger partial charge < -0.3 is 15.2 Å². The van der Waals surface area contributed by atoms with Gasteiger partial charge in [-0.15, -0.1) is 0 Å². The van der Waals surface area contributed by atoms with Gasteiger partial charge in [0.15, 0.2) is 0 Å². The number of amides is 1. The van der Waals surface area contributed by atoms with Crippen LogP contribution in [-0.2, 0) is 16.0 Å². The highest BCUT2D eigenvalue weighted by molar-refractivity contribution is 6.30. The summed E-state index contributed by atoms with van der Waals surface area (Å²) in [4.78, 5) is 23.6. The van der Waals surface area contributed by atoms with Crippen LogP contribution in [0.3, 0.4) is 0 Å². The Labute approximate surface area is 134 Å².